The molecular weight excluding hydrogens is 286 g/mol. The molecule has 0 aliphatic heterocycles. The number of benzene rings is 1. The number of aryl methyl sites for hydroxylation is 1. The van der Waals surface area contributed by atoms with Gasteiger partial charge in [0.25, 0.3) is 0 Å². The van der Waals surface area contributed by atoms with Crippen LogP contribution >= 0.6 is 22.7 Å². The van der Waals surface area contributed by atoms with Crippen LogP contribution in [0.5, 0.6) is 0 Å². The lowest BCUT2D eigenvalue weighted by Gasteiger charge is -1.96. The van der Waals surface area contributed by atoms with Crippen molar-refractivity contribution in [1.82, 2.24) is 14.4 Å². The van der Waals surface area contributed by atoms with Crippen molar-refractivity contribution in [2.75, 3.05) is 0 Å². The first-order valence-electron chi connectivity index (χ1n) is 6.26. The van der Waals surface area contributed by atoms with Gasteiger partial charge in [0.05, 0.1) is 11.4 Å². The highest BCUT2D eigenvalue weighted by Gasteiger charge is 2.15. The third-order valence-electron chi connectivity index (χ3n) is 3.21. The van der Waals surface area contributed by atoms with Gasteiger partial charge in [-0.15, -0.1) is 22.7 Å². The van der Waals surface area contributed by atoms with Gasteiger partial charge in [-0.05, 0) is 6.92 Å². The first-order chi connectivity index (χ1) is 9.83. The normalized spacial score (nSPS) is 11.2. The molecule has 4 rings (SSSR count). The summed E-state index contributed by atoms with van der Waals surface area (Å²) >= 11 is 3.32. The molecule has 3 aromatic heterocycles. The monoisotopic (exact) mass is 297 g/mol. The molecule has 0 fully saturated rings. The van der Waals surface area contributed by atoms with E-state index in [0.29, 0.717) is 0 Å². The number of hydrogen-bond donors (Lipinski definition) is 0. The summed E-state index contributed by atoms with van der Waals surface area (Å²) in [5.74, 6) is 0. The zero-order chi connectivity index (χ0) is 13.5. The molecule has 5 heteroatoms. The van der Waals surface area contributed by atoms with Crippen LogP contribution in [0.2, 0.25) is 0 Å². The van der Waals surface area contributed by atoms with Crippen LogP contribution in [0.15, 0.2) is 47.3 Å². The van der Waals surface area contributed by atoms with Crippen molar-refractivity contribution < 1.29 is 0 Å². The first-order valence-corrected chi connectivity index (χ1v) is 8.02. The summed E-state index contributed by atoms with van der Waals surface area (Å²) in [6, 6.07) is 10.3. The highest BCUT2D eigenvalue weighted by Crippen LogP contribution is 2.32. The smallest absolute Gasteiger partial charge is 0.194 e. The average molecular weight is 297 g/mol. The van der Waals surface area contributed by atoms with E-state index in [1.165, 1.54) is 0 Å². The summed E-state index contributed by atoms with van der Waals surface area (Å²) in [5, 5.41) is 5.18. The standard InChI is InChI=1S/C15H11N3S2/c1-10-13(18-7-8-19-15(18)16-10)14-17-12(9-20-14)11-5-3-2-4-6-11/h2-9H,1H3. The molecule has 3 heterocycles. The molecule has 0 aliphatic carbocycles. The highest BCUT2D eigenvalue weighted by atomic mass is 32.1. The molecule has 20 heavy (non-hydrogen) atoms. The zero-order valence-corrected chi connectivity index (χ0v) is 12.4. The maximum atomic E-state index is 4.78. The third kappa shape index (κ3) is 1.78. The Morgan fingerprint density at radius 1 is 1.05 bits per heavy atom. The van der Waals surface area contributed by atoms with Crippen molar-refractivity contribution in [2.45, 2.75) is 6.92 Å². The van der Waals surface area contributed by atoms with Crippen molar-refractivity contribution in [2.24, 2.45) is 0 Å². The first kappa shape index (κ1) is 11.8. The van der Waals surface area contributed by atoms with Crippen LogP contribution in [0.25, 0.3) is 26.9 Å². The lowest BCUT2D eigenvalue weighted by atomic mass is 10.2. The third-order valence-corrected chi connectivity index (χ3v) is 4.82. The van der Waals surface area contributed by atoms with Gasteiger partial charge in [-0.25, -0.2) is 9.97 Å². The molecule has 98 valence electrons. The van der Waals surface area contributed by atoms with E-state index >= 15 is 0 Å². The van der Waals surface area contributed by atoms with E-state index in [2.05, 4.69) is 38.5 Å². The highest BCUT2D eigenvalue weighted by molar-refractivity contribution is 7.15. The molecule has 0 unspecified atom stereocenters. The van der Waals surface area contributed by atoms with Crippen LogP contribution in [0.1, 0.15) is 5.69 Å². The molecule has 3 nitrogen and oxygen atoms in total. The number of aromatic nitrogens is 3. The van der Waals surface area contributed by atoms with Crippen LogP contribution in [0.4, 0.5) is 0 Å². The number of fused-ring (bicyclic) bond motifs is 1. The predicted octanol–water partition coefficient (Wildman–Crippen LogP) is 4.49. The molecule has 0 spiro atoms. The largest absolute Gasteiger partial charge is 0.288 e. The summed E-state index contributed by atoms with van der Waals surface area (Å²) in [6.45, 7) is 2.04. The van der Waals surface area contributed by atoms with Gasteiger partial charge in [0.1, 0.15) is 10.7 Å². The van der Waals surface area contributed by atoms with Gasteiger partial charge >= 0.3 is 0 Å². The summed E-state index contributed by atoms with van der Waals surface area (Å²) < 4.78 is 2.12. The van der Waals surface area contributed by atoms with Crippen molar-refractivity contribution in [3.63, 3.8) is 0 Å². The van der Waals surface area contributed by atoms with Crippen molar-refractivity contribution in [1.29, 1.82) is 0 Å². The van der Waals surface area contributed by atoms with Gasteiger partial charge in [-0.1, -0.05) is 30.3 Å². The Hall–Kier alpha value is -1.98. The summed E-state index contributed by atoms with van der Waals surface area (Å²) in [7, 11) is 0. The topological polar surface area (TPSA) is 30.2 Å². The van der Waals surface area contributed by atoms with Crippen LogP contribution < -0.4 is 0 Å². The molecule has 4 aromatic rings. The van der Waals surface area contributed by atoms with E-state index in [-0.39, 0.29) is 0 Å². The Kier molecular flexibility index (Phi) is 2.68. The van der Waals surface area contributed by atoms with Gasteiger partial charge in [-0.2, -0.15) is 0 Å². The molecule has 0 aliphatic rings. The molecule has 0 amide bonds. The SMILES string of the molecule is Cc1nc2sccn2c1-c1nc(-c2ccccc2)cs1. The Labute approximate surface area is 124 Å². The second-order valence-electron chi connectivity index (χ2n) is 4.51. The van der Waals surface area contributed by atoms with Crippen molar-refractivity contribution in [3.05, 3.63) is 53.0 Å². The fourth-order valence-electron chi connectivity index (χ4n) is 2.28. The van der Waals surface area contributed by atoms with E-state index in [0.717, 1.165) is 32.6 Å². The van der Waals surface area contributed by atoms with Crippen molar-refractivity contribution in [3.8, 4) is 22.0 Å². The fourth-order valence-corrected chi connectivity index (χ4v) is 3.96. The minimum absolute atomic E-state index is 1.02. The van der Waals surface area contributed by atoms with Gasteiger partial charge in [0.15, 0.2) is 4.96 Å². The molecule has 0 saturated carbocycles. The van der Waals surface area contributed by atoms with E-state index in [4.69, 9.17) is 4.98 Å². The number of rotatable bonds is 2. The zero-order valence-electron chi connectivity index (χ0n) is 10.8. The minimum atomic E-state index is 1.02. The van der Waals surface area contributed by atoms with Crippen LogP contribution in [-0.4, -0.2) is 14.4 Å². The molecule has 0 atom stereocenters. The van der Waals surface area contributed by atoms with E-state index in [9.17, 15) is 0 Å². The van der Waals surface area contributed by atoms with E-state index < -0.39 is 0 Å². The molecule has 0 radical (unpaired) electrons. The number of imidazole rings is 1. The van der Waals surface area contributed by atoms with E-state index in [1.807, 2.05) is 25.1 Å². The lowest BCUT2D eigenvalue weighted by molar-refractivity contribution is 1.21. The Morgan fingerprint density at radius 3 is 2.75 bits per heavy atom. The number of thiazole rings is 2. The summed E-state index contributed by atoms with van der Waals surface area (Å²) in [5.41, 5.74) is 4.31. The fraction of sp³-hybridized carbons (Fsp3) is 0.0667. The molecular formula is C15H11N3S2. The Morgan fingerprint density at radius 2 is 1.90 bits per heavy atom. The Balaban J connectivity index is 1.86. The predicted molar refractivity (Wildman–Crippen MR) is 84.4 cm³/mol. The van der Waals surface area contributed by atoms with Gasteiger partial charge in [0.2, 0.25) is 0 Å². The Bertz CT molecular complexity index is 871. The van der Waals surface area contributed by atoms with Gasteiger partial charge < -0.3 is 0 Å². The summed E-state index contributed by atoms with van der Waals surface area (Å²) in [6.07, 6.45) is 2.05. The lowest BCUT2D eigenvalue weighted by Crippen LogP contribution is -1.86. The second kappa shape index (κ2) is 4.54. The molecule has 0 N–H and O–H groups in total. The maximum Gasteiger partial charge on any atom is 0.194 e. The molecule has 0 saturated heterocycles. The maximum absolute atomic E-state index is 4.78. The average Bonchev–Trinajstić information content (AvgIpc) is 3.15. The summed E-state index contributed by atoms with van der Waals surface area (Å²) in [4.78, 5) is 10.4. The molecule has 1 aromatic carbocycles. The van der Waals surface area contributed by atoms with Crippen molar-refractivity contribution >= 4 is 27.6 Å². The van der Waals surface area contributed by atoms with E-state index in [1.54, 1.807) is 22.7 Å². The molecule has 0 bridgehead atoms. The minimum Gasteiger partial charge on any atom is -0.288 e. The van der Waals surface area contributed by atoms with Gasteiger partial charge in [0, 0.05) is 22.5 Å². The second-order valence-corrected chi connectivity index (χ2v) is 6.24. The van der Waals surface area contributed by atoms with Crippen LogP contribution in [0, 0.1) is 6.92 Å². The van der Waals surface area contributed by atoms with Crippen LogP contribution in [-0.2, 0) is 0 Å². The van der Waals surface area contributed by atoms with Gasteiger partial charge in [-0.3, -0.25) is 4.40 Å². The number of hydrogen-bond acceptors (Lipinski definition) is 4. The number of nitrogens with zero attached hydrogens (tertiary/aromatic N) is 3. The van der Waals surface area contributed by atoms with Crippen LogP contribution in [0.3, 0.4) is 0 Å². The quantitative estimate of drug-likeness (QED) is 0.545.